The number of nitrogens with one attached hydrogen (secondary N) is 2. The molecular formula is C27H29N5O4. The van der Waals surface area contributed by atoms with Crippen molar-refractivity contribution in [2.24, 2.45) is 5.10 Å². The zero-order valence-corrected chi connectivity index (χ0v) is 21.0. The first kappa shape index (κ1) is 26.2. The van der Waals surface area contributed by atoms with Crippen LogP contribution in [-0.2, 0) is 16.1 Å². The second-order valence-corrected chi connectivity index (χ2v) is 8.11. The number of carbonyl (C=O) groups excluding carboxylic acids is 1. The van der Waals surface area contributed by atoms with Gasteiger partial charge in [-0.1, -0.05) is 6.07 Å². The predicted octanol–water partition coefficient (Wildman–Crippen LogP) is 4.50. The van der Waals surface area contributed by atoms with Crippen molar-refractivity contribution >= 4 is 23.6 Å². The molecule has 36 heavy (non-hydrogen) atoms. The van der Waals surface area contributed by atoms with E-state index in [0.717, 1.165) is 33.6 Å². The number of aryl methyl sites for hydroxylation is 3. The maximum atomic E-state index is 12.3. The fourth-order valence-electron chi connectivity index (χ4n) is 3.43. The van der Waals surface area contributed by atoms with Gasteiger partial charge in [0.2, 0.25) is 0 Å². The average molecular weight is 488 g/mol. The number of nitriles is 1. The molecule has 0 saturated carbocycles. The van der Waals surface area contributed by atoms with E-state index in [4.69, 9.17) is 14.2 Å². The van der Waals surface area contributed by atoms with Gasteiger partial charge in [-0.25, -0.2) is 4.98 Å². The summed E-state index contributed by atoms with van der Waals surface area (Å²) in [7, 11) is 3.09. The molecule has 0 atom stereocenters. The first-order chi connectivity index (χ1) is 17.3. The Kier molecular flexibility index (Phi) is 8.97. The van der Waals surface area contributed by atoms with Crippen LogP contribution in [0.1, 0.15) is 33.5 Å². The Hall–Kier alpha value is -4.42. The summed E-state index contributed by atoms with van der Waals surface area (Å²) < 4.78 is 16.3. The molecule has 2 N–H and O–H groups in total. The van der Waals surface area contributed by atoms with E-state index in [1.165, 1.54) is 7.11 Å². The highest BCUT2D eigenvalue weighted by Crippen LogP contribution is 2.28. The number of hydrogen-bond acceptors (Lipinski definition) is 8. The number of benzene rings is 2. The number of pyridine rings is 1. The fraction of sp³-hybridized carbons (Fsp3) is 0.259. The van der Waals surface area contributed by atoms with Gasteiger partial charge in [-0.05, 0) is 73.9 Å². The third-order valence-corrected chi connectivity index (χ3v) is 5.36. The van der Waals surface area contributed by atoms with E-state index in [9.17, 15) is 10.1 Å². The summed E-state index contributed by atoms with van der Waals surface area (Å²) in [5.41, 5.74) is 8.36. The molecule has 1 aromatic heterocycles. The number of hydrogen-bond donors (Lipinski definition) is 2. The van der Waals surface area contributed by atoms with Crippen molar-refractivity contribution in [3.63, 3.8) is 0 Å². The molecule has 0 spiro atoms. The van der Waals surface area contributed by atoms with Crippen molar-refractivity contribution < 1.29 is 19.0 Å². The fourth-order valence-corrected chi connectivity index (χ4v) is 3.43. The molecule has 0 aliphatic carbocycles. The maximum absolute atomic E-state index is 12.3. The lowest BCUT2D eigenvalue weighted by Gasteiger charge is -2.12. The van der Waals surface area contributed by atoms with E-state index in [2.05, 4.69) is 26.9 Å². The Morgan fingerprint density at radius 3 is 2.58 bits per heavy atom. The van der Waals surface area contributed by atoms with Crippen LogP contribution >= 0.6 is 0 Å². The molecule has 1 heterocycles. The minimum Gasteiger partial charge on any atom is -0.493 e. The largest absolute Gasteiger partial charge is 0.493 e. The van der Waals surface area contributed by atoms with Gasteiger partial charge in [0.25, 0.3) is 5.91 Å². The molecule has 186 valence electrons. The van der Waals surface area contributed by atoms with Gasteiger partial charge in [-0.15, -0.1) is 0 Å². The Morgan fingerprint density at radius 1 is 1.08 bits per heavy atom. The zero-order valence-electron chi connectivity index (χ0n) is 21.0. The predicted molar refractivity (Wildman–Crippen MR) is 139 cm³/mol. The number of rotatable bonds is 10. The second-order valence-electron chi connectivity index (χ2n) is 8.11. The number of hydrazone groups is 1. The highest BCUT2D eigenvalue weighted by Gasteiger charge is 2.12. The van der Waals surface area contributed by atoms with Crippen LogP contribution in [0.3, 0.4) is 0 Å². The van der Waals surface area contributed by atoms with Crippen molar-refractivity contribution in [2.75, 3.05) is 31.6 Å². The standard InChI is InChI=1S/C27H29N5O4/c1-17-6-8-22(10-18(17)2)31-26(33)16-36-24-9-7-20(12-25(24)35-5)14-29-32-27-23(13-28)21(15-34-4)11-19(3)30-27/h6-12,14H,15-16H2,1-5H3,(H,30,32)(H,31,33)/b29-14-. The summed E-state index contributed by atoms with van der Waals surface area (Å²) in [5, 5.41) is 16.6. The average Bonchev–Trinajstić information content (AvgIpc) is 2.85. The van der Waals surface area contributed by atoms with Gasteiger partial charge in [-0.3, -0.25) is 10.2 Å². The van der Waals surface area contributed by atoms with E-state index in [1.807, 2.05) is 45.0 Å². The van der Waals surface area contributed by atoms with E-state index in [0.29, 0.717) is 29.5 Å². The molecule has 0 bridgehead atoms. The van der Waals surface area contributed by atoms with Gasteiger partial charge < -0.3 is 19.5 Å². The number of carbonyl (C=O) groups is 1. The van der Waals surface area contributed by atoms with Crippen molar-refractivity contribution in [1.29, 1.82) is 5.26 Å². The lowest BCUT2D eigenvalue weighted by atomic mass is 10.1. The number of methoxy groups -OCH3 is 2. The first-order valence-corrected chi connectivity index (χ1v) is 11.2. The topological polar surface area (TPSA) is 118 Å². The van der Waals surface area contributed by atoms with E-state index in [-0.39, 0.29) is 12.5 Å². The normalized spacial score (nSPS) is 10.7. The number of amides is 1. The third kappa shape index (κ3) is 6.81. The molecule has 0 fully saturated rings. The molecule has 0 aliphatic heterocycles. The Balaban J connectivity index is 1.65. The van der Waals surface area contributed by atoms with Gasteiger partial charge in [-0.2, -0.15) is 10.4 Å². The van der Waals surface area contributed by atoms with Crippen LogP contribution in [0.15, 0.2) is 47.6 Å². The molecule has 0 aliphatic rings. The quantitative estimate of drug-likeness (QED) is 0.319. The van der Waals surface area contributed by atoms with E-state index >= 15 is 0 Å². The summed E-state index contributed by atoms with van der Waals surface area (Å²) >= 11 is 0. The molecule has 0 saturated heterocycles. The molecule has 9 nitrogen and oxygen atoms in total. The number of anilines is 2. The lowest BCUT2D eigenvalue weighted by Crippen LogP contribution is -2.20. The molecule has 0 unspecified atom stereocenters. The summed E-state index contributed by atoms with van der Waals surface area (Å²) in [6.45, 7) is 5.97. The smallest absolute Gasteiger partial charge is 0.262 e. The van der Waals surface area contributed by atoms with Crippen LogP contribution in [0.25, 0.3) is 0 Å². The number of nitrogens with zero attached hydrogens (tertiary/aromatic N) is 3. The highest BCUT2D eigenvalue weighted by atomic mass is 16.5. The van der Waals surface area contributed by atoms with Crippen LogP contribution in [0.5, 0.6) is 11.5 Å². The van der Waals surface area contributed by atoms with Crippen LogP contribution < -0.4 is 20.2 Å². The molecule has 9 heteroatoms. The molecule has 0 radical (unpaired) electrons. The van der Waals surface area contributed by atoms with E-state index in [1.54, 1.807) is 31.5 Å². The Labute approximate surface area is 210 Å². The third-order valence-electron chi connectivity index (χ3n) is 5.36. The molecule has 2 aromatic carbocycles. The molecular weight excluding hydrogens is 458 g/mol. The zero-order chi connectivity index (χ0) is 26.1. The van der Waals surface area contributed by atoms with Gasteiger partial charge in [0.15, 0.2) is 23.9 Å². The summed E-state index contributed by atoms with van der Waals surface area (Å²) in [6, 6.07) is 14.9. The molecule has 1 amide bonds. The van der Waals surface area contributed by atoms with Crippen molar-refractivity contribution in [3.05, 3.63) is 76.0 Å². The summed E-state index contributed by atoms with van der Waals surface area (Å²) in [4.78, 5) is 16.7. The Bertz CT molecular complexity index is 1310. The van der Waals surface area contributed by atoms with Crippen molar-refractivity contribution in [2.45, 2.75) is 27.4 Å². The number of ether oxygens (including phenoxy) is 3. The van der Waals surface area contributed by atoms with Crippen LogP contribution in [0, 0.1) is 32.1 Å². The van der Waals surface area contributed by atoms with Gasteiger partial charge in [0.1, 0.15) is 11.6 Å². The maximum Gasteiger partial charge on any atom is 0.262 e. The monoisotopic (exact) mass is 487 g/mol. The van der Waals surface area contributed by atoms with Crippen molar-refractivity contribution in [1.82, 2.24) is 4.98 Å². The molecule has 3 aromatic rings. The number of aromatic nitrogens is 1. The highest BCUT2D eigenvalue weighted by molar-refractivity contribution is 5.92. The van der Waals surface area contributed by atoms with Crippen molar-refractivity contribution in [3.8, 4) is 17.6 Å². The van der Waals surface area contributed by atoms with Gasteiger partial charge >= 0.3 is 0 Å². The SMILES string of the molecule is COCc1cc(C)nc(N/N=C\c2ccc(OCC(=O)Nc3ccc(C)c(C)c3)c(OC)c2)c1C#N. The van der Waals surface area contributed by atoms with Gasteiger partial charge in [0, 0.05) is 24.1 Å². The summed E-state index contributed by atoms with van der Waals surface area (Å²) in [6.07, 6.45) is 1.57. The van der Waals surface area contributed by atoms with E-state index < -0.39 is 0 Å². The first-order valence-electron chi connectivity index (χ1n) is 11.2. The second kappa shape index (κ2) is 12.3. The van der Waals surface area contributed by atoms with Gasteiger partial charge in [0.05, 0.1) is 19.9 Å². The minimum absolute atomic E-state index is 0.169. The minimum atomic E-state index is -0.276. The summed E-state index contributed by atoms with van der Waals surface area (Å²) in [5.74, 6) is 0.949. The molecule has 3 rings (SSSR count). The Morgan fingerprint density at radius 2 is 1.89 bits per heavy atom. The van der Waals surface area contributed by atoms with Crippen LogP contribution in [0.2, 0.25) is 0 Å². The van der Waals surface area contributed by atoms with Crippen LogP contribution in [-0.4, -0.2) is 37.9 Å². The lowest BCUT2D eigenvalue weighted by molar-refractivity contribution is -0.118. The van der Waals surface area contributed by atoms with Crippen LogP contribution in [0.4, 0.5) is 11.5 Å².